The molecule has 1 N–H and O–H groups in total. The first-order valence-electron chi connectivity index (χ1n) is 8.86. The number of hydrogen-bond donors (Lipinski definition) is 1. The van der Waals surface area contributed by atoms with Crippen LogP contribution in [0.25, 0.3) is 11.3 Å². The lowest BCUT2D eigenvalue weighted by Gasteiger charge is -2.16. The molecule has 2 amide bonds. The third-order valence-corrected chi connectivity index (χ3v) is 4.85. The first-order chi connectivity index (χ1) is 13.4. The molecular formula is C22H21BrN2O3. The van der Waals surface area contributed by atoms with Gasteiger partial charge in [0.15, 0.2) is 0 Å². The topological polar surface area (TPSA) is 62.6 Å². The Kier molecular flexibility index (Phi) is 6.31. The van der Waals surface area contributed by atoms with Crippen molar-refractivity contribution in [1.82, 2.24) is 10.2 Å². The Morgan fingerprint density at radius 1 is 1.00 bits per heavy atom. The summed E-state index contributed by atoms with van der Waals surface area (Å²) in [5, 5.41) is 2.66. The number of carbonyl (C=O) groups excluding carboxylic acids is 2. The number of nitrogens with zero attached hydrogens (tertiary/aromatic N) is 1. The quantitative estimate of drug-likeness (QED) is 0.617. The van der Waals surface area contributed by atoms with Crippen molar-refractivity contribution in [2.24, 2.45) is 0 Å². The van der Waals surface area contributed by atoms with Crippen LogP contribution >= 0.6 is 15.9 Å². The van der Waals surface area contributed by atoms with E-state index in [1.54, 1.807) is 19.2 Å². The number of benzene rings is 2. The van der Waals surface area contributed by atoms with E-state index in [2.05, 4.69) is 21.2 Å². The third kappa shape index (κ3) is 5.10. The molecule has 0 aliphatic carbocycles. The average molecular weight is 441 g/mol. The zero-order valence-corrected chi connectivity index (χ0v) is 17.3. The highest BCUT2D eigenvalue weighted by molar-refractivity contribution is 9.10. The molecule has 0 atom stereocenters. The highest BCUT2D eigenvalue weighted by Crippen LogP contribution is 2.24. The molecule has 1 aromatic heterocycles. The lowest BCUT2D eigenvalue weighted by atomic mass is 10.1. The maximum atomic E-state index is 12.3. The van der Waals surface area contributed by atoms with Crippen molar-refractivity contribution in [2.45, 2.75) is 13.5 Å². The smallest absolute Gasteiger partial charge is 0.251 e. The van der Waals surface area contributed by atoms with E-state index < -0.39 is 0 Å². The Bertz CT molecular complexity index is 962. The van der Waals surface area contributed by atoms with E-state index in [0.717, 1.165) is 21.4 Å². The highest BCUT2D eigenvalue weighted by atomic mass is 79.9. The molecule has 0 saturated carbocycles. The number of nitrogens with one attached hydrogen (secondary N) is 1. The minimum absolute atomic E-state index is 0.0660. The fourth-order valence-corrected chi connectivity index (χ4v) is 2.92. The Morgan fingerprint density at radius 3 is 2.36 bits per heavy atom. The van der Waals surface area contributed by atoms with Crippen molar-refractivity contribution in [1.29, 1.82) is 0 Å². The van der Waals surface area contributed by atoms with Crippen molar-refractivity contribution in [3.8, 4) is 11.3 Å². The second-order valence-corrected chi connectivity index (χ2v) is 7.49. The third-order valence-electron chi connectivity index (χ3n) is 4.32. The normalized spacial score (nSPS) is 10.5. The Labute approximate surface area is 172 Å². The van der Waals surface area contributed by atoms with Gasteiger partial charge in [0.05, 0.1) is 13.1 Å². The molecule has 0 spiro atoms. The van der Waals surface area contributed by atoms with Gasteiger partial charge in [-0.1, -0.05) is 45.8 Å². The molecule has 0 saturated heterocycles. The van der Waals surface area contributed by atoms with Crippen molar-refractivity contribution >= 4 is 27.7 Å². The predicted molar refractivity (Wildman–Crippen MR) is 112 cm³/mol. The number of hydrogen-bond acceptors (Lipinski definition) is 3. The van der Waals surface area contributed by atoms with Crippen LogP contribution in [0.1, 0.15) is 21.7 Å². The molecule has 2 aromatic carbocycles. The Hall–Kier alpha value is -2.86. The van der Waals surface area contributed by atoms with E-state index in [-0.39, 0.29) is 18.4 Å². The standard InChI is InChI=1S/C22H21BrN2O3/c1-15-3-5-17(6-4-15)22(27)24-13-21(26)25(2)14-19-11-12-20(28-19)16-7-9-18(23)10-8-16/h3-12H,13-14H2,1-2H3,(H,24,27). The van der Waals surface area contributed by atoms with E-state index in [1.807, 2.05) is 55.5 Å². The molecule has 144 valence electrons. The van der Waals surface area contributed by atoms with E-state index in [9.17, 15) is 9.59 Å². The van der Waals surface area contributed by atoms with Gasteiger partial charge in [-0.05, 0) is 43.3 Å². The van der Waals surface area contributed by atoms with E-state index in [4.69, 9.17) is 4.42 Å². The molecule has 28 heavy (non-hydrogen) atoms. The predicted octanol–water partition coefficient (Wildman–Crippen LogP) is 4.41. The van der Waals surface area contributed by atoms with Crippen LogP contribution in [0.4, 0.5) is 0 Å². The zero-order chi connectivity index (χ0) is 20.1. The maximum Gasteiger partial charge on any atom is 0.251 e. The van der Waals surface area contributed by atoms with Crippen LogP contribution in [0, 0.1) is 6.92 Å². The number of furan rings is 1. The summed E-state index contributed by atoms with van der Waals surface area (Å²) in [4.78, 5) is 26.0. The summed E-state index contributed by atoms with van der Waals surface area (Å²) < 4.78 is 6.84. The molecule has 3 aromatic rings. The molecule has 0 aliphatic rings. The Morgan fingerprint density at radius 2 is 1.68 bits per heavy atom. The van der Waals surface area contributed by atoms with Gasteiger partial charge in [-0.25, -0.2) is 0 Å². The van der Waals surface area contributed by atoms with Crippen LogP contribution in [0.3, 0.4) is 0 Å². The fourth-order valence-electron chi connectivity index (χ4n) is 2.65. The monoisotopic (exact) mass is 440 g/mol. The van der Waals surface area contributed by atoms with Gasteiger partial charge in [0.2, 0.25) is 5.91 Å². The lowest BCUT2D eigenvalue weighted by molar-refractivity contribution is -0.129. The van der Waals surface area contributed by atoms with Crippen LogP contribution in [-0.2, 0) is 11.3 Å². The molecule has 3 rings (SSSR count). The van der Waals surface area contributed by atoms with Gasteiger partial charge in [-0.15, -0.1) is 0 Å². The molecule has 0 bridgehead atoms. The molecule has 5 nitrogen and oxygen atoms in total. The second kappa shape index (κ2) is 8.89. The first-order valence-corrected chi connectivity index (χ1v) is 9.65. The molecule has 0 radical (unpaired) electrons. The van der Waals surface area contributed by atoms with Gasteiger partial charge in [0.25, 0.3) is 5.91 Å². The fraction of sp³-hybridized carbons (Fsp3) is 0.182. The largest absolute Gasteiger partial charge is 0.459 e. The number of likely N-dealkylation sites (N-methyl/N-ethyl adjacent to an activating group) is 1. The number of rotatable bonds is 6. The SMILES string of the molecule is Cc1ccc(C(=O)NCC(=O)N(C)Cc2ccc(-c3ccc(Br)cc3)o2)cc1. The van der Waals surface area contributed by atoms with Crippen LogP contribution in [0.15, 0.2) is 69.6 Å². The first kappa shape index (κ1) is 19.9. The van der Waals surface area contributed by atoms with Gasteiger partial charge in [-0.2, -0.15) is 0 Å². The second-order valence-electron chi connectivity index (χ2n) is 6.57. The molecule has 1 heterocycles. The van der Waals surface area contributed by atoms with E-state index >= 15 is 0 Å². The summed E-state index contributed by atoms with van der Waals surface area (Å²) in [6.45, 7) is 2.22. The Balaban J connectivity index is 1.53. The molecule has 0 fully saturated rings. The average Bonchev–Trinajstić information content (AvgIpc) is 3.15. The summed E-state index contributed by atoms with van der Waals surface area (Å²) in [7, 11) is 1.68. The molecular weight excluding hydrogens is 420 g/mol. The highest BCUT2D eigenvalue weighted by Gasteiger charge is 2.14. The lowest BCUT2D eigenvalue weighted by Crippen LogP contribution is -2.37. The van der Waals surface area contributed by atoms with Crippen LogP contribution < -0.4 is 5.32 Å². The number of carbonyl (C=O) groups is 2. The summed E-state index contributed by atoms with van der Waals surface area (Å²) in [5.74, 6) is 0.967. The van der Waals surface area contributed by atoms with Gasteiger partial charge in [-0.3, -0.25) is 9.59 Å². The van der Waals surface area contributed by atoms with Crippen molar-refractivity contribution < 1.29 is 14.0 Å². The van der Waals surface area contributed by atoms with E-state index in [0.29, 0.717) is 17.9 Å². The van der Waals surface area contributed by atoms with Crippen LogP contribution in [0.5, 0.6) is 0 Å². The number of aryl methyl sites for hydroxylation is 1. The zero-order valence-electron chi connectivity index (χ0n) is 15.7. The minimum atomic E-state index is -0.266. The van der Waals surface area contributed by atoms with Crippen LogP contribution in [-0.4, -0.2) is 30.3 Å². The number of halogens is 1. The van der Waals surface area contributed by atoms with Crippen molar-refractivity contribution in [3.63, 3.8) is 0 Å². The van der Waals surface area contributed by atoms with Gasteiger partial charge < -0.3 is 14.6 Å². The minimum Gasteiger partial charge on any atom is -0.459 e. The van der Waals surface area contributed by atoms with Gasteiger partial charge in [0, 0.05) is 22.6 Å². The number of amides is 2. The molecule has 0 aliphatic heterocycles. The van der Waals surface area contributed by atoms with Crippen LogP contribution in [0.2, 0.25) is 0 Å². The molecule has 6 heteroatoms. The molecule has 0 unspecified atom stereocenters. The van der Waals surface area contributed by atoms with Crippen molar-refractivity contribution in [2.75, 3.05) is 13.6 Å². The summed E-state index contributed by atoms with van der Waals surface area (Å²) in [5.41, 5.74) is 2.58. The summed E-state index contributed by atoms with van der Waals surface area (Å²) >= 11 is 3.41. The summed E-state index contributed by atoms with van der Waals surface area (Å²) in [6, 6.07) is 18.8. The van der Waals surface area contributed by atoms with Gasteiger partial charge in [0.1, 0.15) is 11.5 Å². The van der Waals surface area contributed by atoms with Gasteiger partial charge >= 0.3 is 0 Å². The summed E-state index contributed by atoms with van der Waals surface area (Å²) in [6.07, 6.45) is 0. The maximum absolute atomic E-state index is 12.3. The van der Waals surface area contributed by atoms with Crippen molar-refractivity contribution in [3.05, 3.63) is 82.0 Å². The van der Waals surface area contributed by atoms with E-state index in [1.165, 1.54) is 4.90 Å².